The Hall–Kier alpha value is -2.76. The van der Waals surface area contributed by atoms with E-state index in [0.29, 0.717) is 12.0 Å². The Balaban J connectivity index is 2.24. The second-order valence-electron chi connectivity index (χ2n) is 5.09. The molecule has 0 aliphatic rings. The van der Waals surface area contributed by atoms with E-state index in [1.54, 1.807) is 23.9 Å². The fourth-order valence-corrected chi connectivity index (χ4v) is 3.45. The van der Waals surface area contributed by atoms with Crippen LogP contribution >= 0.6 is 11.8 Å². The van der Waals surface area contributed by atoms with Gasteiger partial charge in [-0.25, -0.2) is 0 Å². The highest BCUT2D eigenvalue weighted by Gasteiger charge is 2.25. The maximum atomic E-state index is 11.8. The van der Waals surface area contributed by atoms with Crippen LogP contribution in [0.2, 0.25) is 0 Å². The molecule has 0 radical (unpaired) electrons. The van der Waals surface area contributed by atoms with Gasteiger partial charge in [0.25, 0.3) is 0 Å². The maximum absolute atomic E-state index is 11.8. The number of hydrogen-bond acceptors (Lipinski definition) is 5. The van der Waals surface area contributed by atoms with Crippen molar-refractivity contribution in [2.24, 2.45) is 5.92 Å². The Bertz CT molecular complexity index is 761. The van der Waals surface area contributed by atoms with Crippen LogP contribution in [-0.4, -0.2) is 13.1 Å². The van der Waals surface area contributed by atoms with E-state index in [4.69, 9.17) is 10.00 Å². The van der Waals surface area contributed by atoms with Gasteiger partial charge in [0.1, 0.15) is 5.92 Å². The third kappa shape index (κ3) is 4.62. The topological polar surface area (TPSA) is 73.9 Å². The van der Waals surface area contributed by atoms with Gasteiger partial charge in [-0.2, -0.15) is 10.5 Å². The first-order valence-corrected chi connectivity index (χ1v) is 8.25. The SMILES string of the molecule is COC(=O)C(C#N)CC(Sc1ccc(C#N)cc1)c1ccccc1. The van der Waals surface area contributed by atoms with Crippen LogP contribution in [0.5, 0.6) is 0 Å². The predicted molar refractivity (Wildman–Crippen MR) is 91.9 cm³/mol. The van der Waals surface area contributed by atoms with Gasteiger partial charge in [-0.05, 0) is 36.2 Å². The molecule has 0 amide bonds. The standard InChI is InChI=1S/C19H16N2O2S/c1-23-19(22)16(13-21)11-18(15-5-3-2-4-6-15)24-17-9-7-14(12-20)8-10-17/h2-10,16,18H,11H2,1H3. The molecule has 0 saturated heterocycles. The van der Waals surface area contributed by atoms with E-state index in [-0.39, 0.29) is 5.25 Å². The lowest BCUT2D eigenvalue weighted by Gasteiger charge is -2.19. The van der Waals surface area contributed by atoms with Crippen molar-refractivity contribution in [2.45, 2.75) is 16.6 Å². The molecule has 0 aliphatic carbocycles. The molecular weight excluding hydrogens is 320 g/mol. The average molecular weight is 336 g/mol. The van der Waals surface area contributed by atoms with Crippen LogP contribution in [0.1, 0.15) is 22.8 Å². The number of ether oxygens (including phenoxy) is 1. The zero-order valence-corrected chi connectivity index (χ0v) is 14.0. The number of thioether (sulfide) groups is 1. The molecule has 0 aliphatic heterocycles. The Morgan fingerprint density at radius 3 is 2.33 bits per heavy atom. The summed E-state index contributed by atoms with van der Waals surface area (Å²) < 4.78 is 4.71. The summed E-state index contributed by atoms with van der Waals surface area (Å²) in [6.45, 7) is 0. The van der Waals surface area contributed by atoms with Gasteiger partial charge in [0, 0.05) is 10.1 Å². The summed E-state index contributed by atoms with van der Waals surface area (Å²) >= 11 is 1.56. The molecule has 0 N–H and O–H groups in total. The quantitative estimate of drug-likeness (QED) is 0.586. The monoisotopic (exact) mass is 336 g/mol. The van der Waals surface area contributed by atoms with Gasteiger partial charge >= 0.3 is 5.97 Å². The van der Waals surface area contributed by atoms with Crippen molar-refractivity contribution >= 4 is 17.7 Å². The first kappa shape index (κ1) is 17.6. The molecule has 120 valence electrons. The van der Waals surface area contributed by atoms with E-state index in [1.807, 2.05) is 48.5 Å². The van der Waals surface area contributed by atoms with Gasteiger partial charge in [0.05, 0.1) is 24.8 Å². The summed E-state index contributed by atoms with van der Waals surface area (Å²) in [5, 5.41) is 18.1. The van der Waals surface area contributed by atoms with E-state index >= 15 is 0 Å². The fourth-order valence-electron chi connectivity index (χ4n) is 2.25. The van der Waals surface area contributed by atoms with Gasteiger partial charge in [-0.3, -0.25) is 4.79 Å². The molecule has 2 aromatic rings. The van der Waals surface area contributed by atoms with Crippen molar-refractivity contribution < 1.29 is 9.53 Å². The summed E-state index contributed by atoms with van der Waals surface area (Å²) in [5.41, 5.74) is 1.64. The zero-order chi connectivity index (χ0) is 17.4. The minimum absolute atomic E-state index is 0.0668. The number of nitrogens with zero attached hydrogens (tertiary/aromatic N) is 2. The van der Waals surface area contributed by atoms with Crippen molar-refractivity contribution in [3.63, 3.8) is 0 Å². The van der Waals surface area contributed by atoms with Crippen molar-refractivity contribution in [1.29, 1.82) is 10.5 Å². The molecule has 0 saturated carbocycles. The average Bonchev–Trinajstić information content (AvgIpc) is 2.65. The number of hydrogen-bond donors (Lipinski definition) is 0. The molecule has 0 spiro atoms. The van der Waals surface area contributed by atoms with Crippen LogP contribution in [0.3, 0.4) is 0 Å². The number of benzene rings is 2. The fraction of sp³-hybridized carbons (Fsp3) is 0.211. The molecule has 2 aromatic carbocycles. The molecule has 2 atom stereocenters. The van der Waals surface area contributed by atoms with Crippen LogP contribution in [0.25, 0.3) is 0 Å². The lowest BCUT2D eigenvalue weighted by atomic mass is 10.0. The van der Waals surface area contributed by atoms with Crippen LogP contribution in [-0.2, 0) is 9.53 Å². The van der Waals surface area contributed by atoms with Gasteiger partial charge in [0.15, 0.2) is 0 Å². The number of nitriles is 2. The third-order valence-electron chi connectivity index (χ3n) is 3.52. The molecule has 2 unspecified atom stereocenters. The third-order valence-corrected chi connectivity index (χ3v) is 4.82. The van der Waals surface area contributed by atoms with Crippen LogP contribution in [0.15, 0.2) is 59.5 Å². The Kier molecular flexibility index (Phi) is 6.42. The van der Waals surface area contributed by atoms with Crippen LogP contribution in [0.4, 0.5) is 0 Å². The van der Waals surface area contributed by atoms with E-state index in [2.05, 4.69) is 6.07 Å². The van der Waals surface area contributed by atoms with E-state index < -0.39 is 11.9 Å². The number of methoxy groups -OCH3 is 1. The molecule has 0 aromatic heterocycles. The largest absolute Gasteiger partial charge is 0.468 e. The van der Waals surface area contributed by atoms with Gasteiger partial charge in [0.2, 0.25) is 0 Å². The molecule has 24 heavy (non-hydrogen) atoms. The number of carbonyl (C=O) groups is 1. The minimum Gasteiger partial charge on any atom is -0.468 e. The lowest BCUT2D eigenvalue weighted by molar-refractivity contribution is -0.143. The van der Waals surface area contributed by atoms with Crippen LogP contribution in [0, 0.1) is 28.6 Å². The first-order valence-electron chi connectivity index (χ1n) is 7.37. The molecule has 0 heterocycles. The molecule has 2 rings (SSSR count). The van der Waals surface area contributed by atoms with E-state index in [9.17, 15) is 10.1 Å². The second-order valence-corrected chi connectivity index (χ2v) is 6.37. The van der Waals surface area contributed by atoms with Crippen molar-refractivity contribution in [2.75, 3.05) is 7.11 Å². The minimum atomic E-state index is -0.814. The maximum Gasteiger partial charge on any atom is 0.323 e. The second kappa shape index (κ2) is 8.76. The van der Waals surface area contributed by atoms with Gasteiger partial charge < -0.3 is 4.74 Å². The van der Waals surface area contributed by atoms with E-state index in [1.165, 1.54) is 7.11 Å². The highest BCUT2D eigenvalue weighted by atomic mass is 32.2. The number of rotatable bonds is 6. The molecule has 4 nitrogen and oxygen atoms in total. The molecule has 0 bridgehead atoms. The summed E-state index contributed by atoms with van der Waals surface area (Å²) in [6.07, 6.45) is 0.359. The first-order chi connectivity index (χ1) is 11.7. The Morgan fingerprint density at radius 2 is 1.79 bits per heavy atom. The highest BCUT2D eigenvalue weighted by Crippen LogP contribution is 2.39. The smallest absolute Gasteiger partial charge is 0.323 e. The van der Waals surface area contributed by atoms with Crippen LogP contribution < -0.4 is 0 Å². The van der Waals surface area contributed by atoms with Gasteiger partial charge in [-0.1, -0.05) is 30.3 Å². The highest BCUT2D eigenvalue weighted by molar-refractivity contribution is 7.99. The number of esters is 1. The normalized spacial score (nSPS) is 12.5. The van der Waals surface area contributed by atoms with Crippen molar-refractivity contribution in [1.82, 2.24) is 0 Å². The molecular formula is C19H16N2O2S. The zero-order valence-electron chi connectivity index (χ0n) is 13.2. The molecule has 0 fully saturated rings. The van der Waals surface area contributed by atoms with Crippen molar-refractivity contribution in [3.05, 3.63) is 65.7 Å². The Labute approximate surface area is 145 Å². The summed E-state index contributed by atoms with van der Waals surface area (Å²) in [7, 11) is 1.29. The Morgan fingerprint density at radius 1 is 1.12 bits per heavy atom. The summed E-state index contributed by atoms with van der Waals surface area (Å²) in [5.74, 6) is -1.33. The number of carbonyl (C=O) groups excluding carboxylic acids is 1. The summed E-state index contributed by atoms with van der Waals surface area (Å²) in [6, 6.07) is 21.1. The molecule has 5 heteroatoms. The summed E-state index contributed by atoms with van der Waals surface area (Å²) in [4.78, 5) is 12.7. The van der Waals surface area contributed by atoms with Gasteiger partial charge in [-0.15, -0.1) is 11.8 Å². The van der Waals surface area contributed by atoms with E-state index in [0.717, 1.165) is 10.5 Å². The predicted octanol–water partition coefficient (Wildman–Crippen LogP) is 4.09. The van der Waals surface area contributed by atoms with Crippen molar-refractivity contribution in [3.8, 4) is 12.1 Å². The lowest BCUT2D eigenvalue weighted by Crippen LogP contribution is -2.16.